The number of ketones is 1. The molecule has 8 nitrogen and oxygen atoms in total. The summed E-state index contributed by atoms with van der Waals surface area (Å²) in [6.07, 6.45) is 0. The molecule has 0 aliphatic carbocycles. The lowest BCUT2D eigenvalue weighted by Crippen LogP contribution is -2.45. The standard InChI is InChI=1S/C23H28N4O4/c1-5-27(14-22(30)25-20-11-9-19(10-12-20)24-17(4)29)15(2)23(31)26-21-8-6-7-18(13-21)16(3)28/h6-13,15H,5,14H2,1-4H3,(H,24,29)(H,25,30)(H,26,31)/t15-/m1/s1. The van der Waals surface area contributed by atoms with Gasteiger partial charge in [0.05, 0.1) is 12.6 Å². The molecule has 3 amide bonds. The van der Waals surface area contributed by atoms with Crippen LogP contribution in [0.2, 0.25) is 0 Å². The molecule has 8 heteroatoms. The summed E-state index contributed by atoms with van der Waals surface area (Å²) in [7, 11) is 0. The average Bonchev–Trinajstić information content (AvgIpc) is 2.72. The first-order chi connectivity index (χ1) is 14.7. The van der Waals surface area contributed by atoms with Gasteiger partial charge in [0.1, 0.15) is 0 Å². The Hall–Kier alpha value is -3.52. The van der Waals surface area contributed by atoms with Crippen LogP contribution in [0.25, 0.3) is 0 Å². The van der Waals surface area contributed by atoms with Crippen molar-refractivity contribution in [1.82, 2.24) is 4.90 Å². The van der Waals surface area contributed by atoms with E-state index in [1.807, 2.05) is 6.92 Å². The van der Waals surface area contributed by atoms with Crippen molar-refractivity contribution in [2.45, 2.75) is 33.7 Å². The molecule has 2 rings (SSSR count). The largest absolute Gasteiger partial charge is 0.326 e. The van der Waals surface area contributed by atoms with Crippen LogP contribution in [0, 0.1) is 0 Å². The normalized spacial score (nSPS) is 11.5. The van der Waals surface area contributed by atoms with E-state index in [-0.39, 0.29) is 30.0 Å². The van der Waals surface area contributed by atoms with Gasteiger partial charge in [-0.3, -0.25) is 24.1 Å². The van der Waals surface area contributed by atoms with E-state index in [4.69, 9.17) is 0 Å². The molecule has 2 aromatic carbocycles. The third-order valence-corrected chi connectivity index (χ3v) is 4.71. The van der Waals surface area contributed by atoms with Crippen LogP contribution in [0.4, 0.5) is 17.1 Å². The number of likely N-dealkylation sites (N-methyl/N-ethyl adjacent to an activating group) is 1. The lowest BCUT2D eigenvalue weighted by atomic mass is 10.1. The van der Waals surface area contributed by atoms with E-state index in [1.54, 1.807) is 60.4 Å². The Morgan fingerprint density at radius 1 is 0.871 bits per heavy atom. The highest BCUT2D eigenvalue weighted by molar-refractivity contribution is 5.99. The van der Waals surface area contributed by atoms with Crippen molar-refractivity contribution >= 4 is 40.6 Å². The number of hydrogen-bond acceptors (Lipinski definition) is 5. The van der Waals surface area contributed by atoms with Gasteiger partial charge in [0, 0.05) is 29.5 Å². The minimum absolute atomic E-state index is 0.0337. The molecule has 0 aliphatic heterocycles. The van der Waals surface area contributed by atoms with Crippen LogP contribution in [0.5, 0.6) is 0 Å². The summed E-state index contributed by atoms with van der Waals surface area (Å²) in [5, 5.41) is 8.25. The van der Waals surface area contributed by atoms with Crippen LogP contribution in [-0.4, -0.2) is 47.5 Å². The number of anilines is 3. The topological polar surface area (TPSA) is 108 Å². The third kappa shape index (κ3) is 7.35. The molecule has 164 valence electrons. The van der Waals surface area contributed by atoms with Crippen molar-refractivity contribution in [2.24, 2.45) is 0 Å². The van der Waals surface area contributed by atoms with E-state index in [1.165, 1.54) is 13.8 Å². The number of rotatable bonds is 9. The molecule has 0 bridgehead atoms. The van der Waals surface area contributed by atoms with Crippen LogP contribution < -0.4 is 16.0 Å². The smallest absolute Gasteiger partial charge is 0.241 e. The van der Waals surface area contributed by atoms with Crippen molar-refractivity contribution in [3.8, 4) is 0 Å². The van der Waals surface area contributed by atoms with Crippen molar-refractivity contribution in [1.29, 1.82) is 0 Å². The fraction of sp³-hybridized carbons (Fsp3) is 0.304. The maximum Gasteiger partial charge on any atom is 0.241 e. The molecule has 1 atom stereocenters. The quantitative estimate of drug-likeness (QED) is 0.536. The van der Waals surface area contributed by atoms with Crippen LogP contribution in [0.15, 0.2) is 48.5 Å². The van der Waals surface area contributed by atoms with E-state index in [0.717, 1.165) is 0 Å². The summed E-state index contributed by atoms with van der Waals surface area (Å²) < 4.78 is 0. The summed E-state index contributed by atoms with van der Waals surface area (Å²) in [6, 6.07) is 12.9. The lowest BCUT2D eigenvalue weighted by molar-refractivity contribution is -0.123. The second-order valence-corrected chi connectivity index (χ2v) is 7.17. The Morgan fingerprint density at radius 2 is 1.48 bits per heavy atom. The average molecular weight is 425 g/mol. The van der Waals surface area contributed by atoms with Crippen molar-refractivity contribution < 1.29 is 19.2 Å². The monoisotopic (exact) mass is 424 g/mol. The zero-order valence-corrected chi connectivity index (χ0v) is 18.2. The van der Waals surface area contributed by atoms with E-state index in [0.29, 0.717) is 29.2 Å². The van der Waals surface area contributed by atoms with E-state index in [9.17, 15) is 19.2 Å². The zero-order valence-electron chi connectivity index (χ0n) is 18.2. The molecular weight excluding hydrogens is 396 g/mol. The SMILES string of the molecule is CCN(CC(=O)Nc1ccc(NC(C)=O)cc1)[C@H](C)C(=O)Nc1cccc(C(C)=O)c1. The van der Waals surface area contributed by atoms with Crippen LogP contribution in [0.1, 0.15) is 38.1 Å². The lowest BCUT2D eigenvalue weighted by Gasteiger charge is -2.26. The van der Waals surface area contributed by atoms with Crippen LogP contribution in [0.3, 0.4) is 0 Å². The third-order valence-electron chi connectivity index (χ3n) is 4.71. The molecule has 0 saturated heterocycles. The number of nitrogens with one attached hydrogen (secondary N) is 3. The summed E-state index contributed by atoms with van der Waals surface area (Å²) in [5.74, 6) is -0.779. The van der Waals surface area contributed by atoms with Crippen LogP contribution in [-0.2, 0) is 14.4 Å². The van der Waals surface area contributed by atoms with Gasteiger partial charge in [-0.1, -0.05) is 19.1 Å². The molecular formula is C23H28N4O4. The highest BCUT2D eigenvalue weighted by atomic mass is 16.2. The Balaban J connectivity index is 1.95. The minimum Gasteiger partial charge on any atom is -0.326 e. The van der Waals surface area contributed by atoms with Crippen molar-refractivity contribution in [3.05, 3.63) is 54.1 Å². The Bertz CT molecular complexity index is 956. The Kier molecular flexibility index (Phi) is 8.45. The van der Waals surface area contributed by atoms with Gasteiger partial charge in [0.25, 0.3) is 0 Å². The number of hydrogen-bond donors (Lipinski definition) is 3. The number of benzene rings is 2. The molecule has 0 fully saturated rings. The highest BCUT2D eigenvalue weighted by Crippen LogP contribution is 2.15. The fourth-order valence-electron chi connectivity index (χ4n) is 2.98. The van der Waals surface area contributed by atoms with Gasteiger partial charge < -0.3 is 16.0 Å². The molecule has 0 unspecified atom stereocenters. The maximum atomic E-state index is 12.7. The molecule has 0 saturated carbocycles. The number of amides is 3. The van der Waals surface area contributed by atoms with E-state index < -0.39 is 6.04 Å². The number of carbonyl (C=O) groups is 4. The first-order valence-electron chi connectivity index (χ1n) is 10.0. The second-order valence-electron chi connectivity index (χ2n) is 7.17. The Labute approximate surface area is 182 Å². The molecule has 0 spiro atoms. The molecule has 2 aromatic rings. The van der Waals surface area contributed by atoms with Gasteiger partial charge in [-0.2, -0.15) is 0 Å². The zero-order chi connectivity index (χ0) is 23.0. The van der Waals surface area contributed by atoms with Gasteiger partial charge in [-0.05, 0) is 56.8 Å². The molecule has 0 heterocycles. The molecule has 0 radical (unpaired) electrons. The highest BCUT2D eigenvalue weighted by Gasteiger charge is 2.22. The van der Waals surface area contributed by atoms with E-state index >= 15 is 0 Å². The first-order valence-corrected chi connectivity index (χ1v) is 10.0. The van der Waals surface area contributed by atoms with Gasteiger partial charge in [0.2, 0.25) is 17.7 Å². The maximum absolute atomic E-state index is 12.7. The van der Waals surface area contributed by atoms with Crippen molar-refractivity contribution in [3.63, 3.8) is 0 Å². The van der Waals surface area contributed by atoms with Gasteiger partial charge in [-0.15, -0.1) is 0 Å². The number of Topliss-reactive ketones (excluding diaryl/α,β-unsaturated/α-hetero) is 1. The predicted octanol–water partition coefficient (Wildman–Crippen LogP) is 3.14. The minimum atomic E-state index is -0.557. The summed E-state index contributed by atoms with van der Waals surface area (Å²) in [6.45, 7) is 7.02. The van der Waals surface area contributed by atoms with Gasteiger partial charge in [0.15, 0.2) is 5.78 Å². The number of nitrogens with zero attached hydrogens (tertiary/aromatic N) is 1. The number of carbonyl (C=O) groups excluding carboxylic acids is 4. The van der Waals surface area contributed by atoms with Crippen molar-refractivity contribution in [2.75, 3.05) is 29.0 Å². The molecule has 3 N–H and O–H groups in total. The predicted molar refractivity (Wildman–Crippen MR) is 121 cm³/mol. The first kappa shape index (κ1) is 23.8. The summed E-state index contributed by atoms with van der Waals surface area (Å²) in [5.41, 5.74) is 2.28. The summed E-state index contributed by atoms with van der Waals surface area (Å²) >= 11 is 0. The Morgan fingerprint density at radius 3 is 2.03 bits per heavy atom. The summed E-state index contributed by atoms with van der Waals surface area (Å²) in [4.78, 5) is 49.5. The van der Waals surface area contributed by atoms with Crippen LogP contribution >= 0.6 is 0 Å². The second kappa shape index (κ2) is 11.0. The van der Waals surface area contributed by atoms with E-state index in [2.05, 4.69) is 16.0 Å². The van der Waals surface area contributed by atoms with Gasteiger partial charge in [-0.25, -0.2) is 0 Å². The molecule has 0 aromatic heterocycles. The fourth-order valence-corrected chi connectivity index (χ4v) is 2.98. The van der Waals surface area contributed by atoms with Gasteiger partial charge >= 0.3 is 0 Å². The molecule has 31 heavy (non-hydrogen) atoms. The molecule has 0 aliphatic rings.